The van der Waals surface area contributed by atoms with Crippen molar-refractivity contribution >= 4 is 12.4 Å². The zero-order valence-corrected chi connectivity index (χ0v) is 15.4. The maximum atomic E-state index is 5.63. The second-order valence-corrected chi connectivity index (χ2v) is 6.80. The molecule has 2 aliphatic rings. The maximum absolute atomic E-state index is 5.63. The Bertz CT molecular complexity index is 544. The van der Waals surface area contributed by atoms with Crippen LogP contribution in [0.4, 0.5) is 0 Å². The number of ether oxygens (including phenoxy) is 2. The number of likely N-dealkylation sites (tertiary alicyclic amines) is 1. The summed E-state index contributed by atoms with van der Waals surface area (Å²) in [5.74, 6) is 1.59. The lowest BCUT2D eigenvalue weighted by Crippen LogP contribution is -2.38. The zero-order valence-electron chi connectivity index (χ0n) is 14.6. The standard InChI is InChI=1S/C19H28N2O2.ClH/c1-3-12-23-17-5-4-16(13-18(17)22-2)14-21-11-8-19(15-21)6-9-20-10-7-19;/h3-5,13,20H,1,6-12,14-15H2,2H3;1H. The molecule has 0 aliphatic carbocycles. The first kappa shape index (κ1) is 19.1. The van der Waals surface area contributed by atoms with Crippen molar-refractivity contribution in [1.29, 1.82) is 0 Å². The minimum atomic E-state index is 0. The van der Waals surface area contributed by atoms with E-state index in [2.05, 4.69) is 28.9 Å². The largest absolute Gasteiger partial charge is 0.493 e. The summed E-state index contributed by atoms with van der Waals surface area (Å²) >= 11 is 0. The van der Waals surface area contributed by atoms with Crippen LogP contribution in [0.25, 0.3) is 0 Å². The molecule has 24 heavy (non-hydrogen) atoms. The van der Waals surface area contributed by atoms with Gasteiger partial charge < -0.3 is 14.8 Å². The van der Waals surface area contributed by atoms with Crippen molar-refractivity contribution in [3.05, 3.63) is 36.4 Å². The summed E-state index contributed by atoms with van der Waals surface area (Å²) in [6, 6.07) is 6.26. The summed E-state index contributed by atoms with van der Waals surface area (Å²) in [6.45, 7) is 9.96. The number of benzene rings is 1. The second kappa shape index (κ2) is 8.75. The van der Waals surface area contributed by atoms with Crippen molar-refractivity contribution in [1.82, 2.24) is 10.2 Å². The van der Waals surface area contributed by atoms with Crippen molar-refractivity contribution < 1.29 is 9.47 Å². The molecule has 3 rings (SSSR count). The first-order chi connectivity index (χ1) is 11.2. The highest BCUT2D eigenvalue weighted by Crippen LogP contribution is 2.39. The van der Waals surface area contributed by atoms with Crippen molar-refractivity contribution in [2.45, 2.75) is 25.8 Å². The molecule has 0 aromatic heterocycles. The van der Waals surface area contributed by atoms with Gasteiger partial charge in [0, 0.05) is 13.1 Å². The highest BCUT2D eigenvalue weighted by molar-refractivity contribution is 5.85. The van der Waals surface area contributed by atoms with Crippen LogP contribution in [-0.2, 0) is 6.54 Å². The quantitative estimate of drug-likeness (QED) is 0.797. The Labute approximate surface area is 151 Å². The summed E-state index contributed by atoms with van der Waals surface area (Å²) < 4.78 is 11.1. The summed E-state index contributed by atoms with van der Waals surface area (Å²) in [4.78, 5) is 2.59. The zero-order chi connectivity index (χ0) is 16.1. The Morgan fingerprint density at radius 2 is 2.04 bits per heavy atom. The molecule has 1 N–H and O–H groups in total. The van der Waals surface area contributed by atoms with Gasteiger partial charge in [-0.05, 0) is 62.0 Å². The number of rotatable bonds is 6. The van der Waals surface area contributed by atoms with E-state index >= 15 is 0 Å². The molecule has 1 aromatic carbocycles. The van der Waals surface area contributed by atoms with E-state index in [1.54, 1.807) is 13.2 Å². The molecule has 5 heteroatoms. The van der Waals surface area contributed by atoms with Gasteiger partial charge in [0.1, 0.15) is 6.61 Å². The first-order valence-electron chi connectivity index (χ1n) is 8.58. The van der Waals surface area contributed by atoms with Crippen LogP contribution in [0.15, 0.2) is 30.9 Å². The predicted molar refractivity (Wildman–Crippen MR) is 100 cm³/mol. The molecule has 134 valence electrons. The maximum Gasteiger partial charge on any atom is 0.161 e. The first-order valence-corrected chi connectivity index (χ1v) is 8.58. The Morgan fingerprint density at radius 1 is 1.25 bits per heavy atom. The lowest BCUT2D eigenvalue weighted by atomic mass is 9.78. The van der Waals surface area contributed by atoms with Gasteiger partial charge in [-0.15, -0.1) is 12.4 Å². The van der Waals surface area contributed by atoms with Gasteiger partial charge in [-0.1, -0.05) is 18.7 Å². The Kier molecular flexibility index (Phi) is 6.96. The van der Waals surface area contributed by atoms with Crippen LogP contribution >= 0.6 is 12.4 Å². The molecule has 0 bridgehead atoms. The molecule has 2 saturated heterocycles. The van der Waals surface area contributed by atoms with Gasteiger partial charge in [-0.2, -0.15) is 0 Å². The molecule has 0 amide bonds. The van der Waals surface area contributed by atoms with Gasteiger partial charge in [0.2, 0.25) is 0 Å². The fourth-order valence-corrected chi connectivity index (χ4v) is 3.86. The van der Waals surface area contributed by atoms with Crippen LogP contribution in [0, 0.1) is 5.41 Å². The SMILES string of the molecule is C=CCOc1ccc(CN2CCC3(CCNCC3)C2)cc1OC.Cl. The van der Waals surface area contributed by atoms with Crippen LogP contribution in [0.3, 0.4) is 0 Å². The van der Waals surface area contributed by atoms with Gasteiger partial charge in [0.25, 0.3) is 0 Å². The average molecular weight is 353 g/mol. The molecule has 2 aliphatic heterocycles. The number of piperidine rings is 1. The summed E-state index contributed by atoms with van der Waals surface area (Å²) in [7, 11) is 1.69. The highest BCUT2D eigenvalue weighted by Gasteiger charge is 2.38. The van der Waals surface area contributed by atoms with Crippen molar-refractivity contribution in [2.75, 3.05) is 39.9 Å². The van der Waals surface area contributed by atoms with Crippen LogP contribution in [-0.4, -0.2) is 44.8 Å². The third kappa shape index (κ3) is 4.44. The van der Waals surface area contributed by atoms with E-state index in [1.165, 1.54) is 51.0 Å². The molecule has 4 nitrogen and oxygen atoms in total. The number of nitrogens with one attached hydrogen (secondary N) is 1. The van der Waals surface area contributed by atoms with Crippen molar-refractivity contribution in [2.24, 2.45) is 5.41 Å². The van der Waals surface area contributed by atoms with Crippen LogP contribution in [0.1, 0.15) is 24.8 Å². The van der Waals surface area contributed by atoms with E-state index in [4.69, 9.17) is 9.47 Å². The van der Waals surface area contributed by atoms with Gasteiger partial charge >= 0.3 is 0 Å². The highest BCUT2D eigenvalue weighted by atomic mass is 35.5. The molecule has 1 aromatic rings. The van der Waals surface area contributed by atoms with Gasteiger partial charge in [0.05, 0.1) is 7.11 Å². The minimum Gasteiger partial charge on any atom is -0.493 e. The molecule has 0 atom stereocenters. The Morgan fingerprint density at radius 3 is 2.75 bits per heavy atom. The summed E-state index contributed by atoms with van der Waals surface area (Å²) in [5, 5.41) is 3.48. The number of hydrogen-bond acceptors (Lipinski definition) is 4. The van der Waals surface area contributed by atoms with E-state index < -0.39 is 0 Å². The Balaban J connectivity index is 0.00000208. The van der Waals surface area contributed by atoms with Gasteiger partial charge in [-0.3, -0.25) is 4.90 Å². The number of methoxy groups -OCH3 is 1. The number of nitrogens with zero attached hydrogens (tertiary/aromatic N) is 1. The fraction of sp³-hybridized carbons (Fsp3) is 0.579. The molecule has 0 unspecified atom stereocenters. The van der Waals surface area contributed by atoms with E-state index in [-0.39, 0.29) is 12.4 Å². The van der Waals surface area contributed by atoms with Crippen LogP contribution in [0.5, 0.6) is 11.5 Å². The third-order valence-corrected chi connectivity index (χ3v) is 5.17. The smallest absolute Gasteiger partial charge is 0.161 e. The molecule has 0 saturated carbocycles. The van der Waals surface area contributed by atoms with Gasteiger partial charge in [0.15, 0.2) is 11.5 Å². The van der Waals surface area contributed by atoms with Crippen LogP contribution < -0.4 is 14.8 Å². The molecular weight excluding hydrogens is 324 g/mol. The monoisotopic (exact) mass is 352 g/mol. The molecular formula is C19H29ClN2O2. The number of halogens is 1. The summed E-state index contributed by atoms with van der Waals surface area (Å²) in [5.41, 5.74) is 1.85. The molecule has 2 fully saturated rings. The van der Waals surface area contributed by atoms with Gasteiger partial charge in [-0.25, -0.2) is 0 Å². The lowest BCUT2D eigenvalue weighted by Gasteiger charge is -2.34. The summed E-state index contributed by atoms with van der Waals surface area (Å²) in [6.07, 6.45) is 5.73. The van der Waals surface area contributed by atoms with E-state index in [9.17, 15) is 0 Å². The lowest BCUT2D eigenvalue weighted by molar-refractivity contribution is 0.194. The molecule has 0 radical (unpaired) electrons. The topological polar surface area (TPSA) is 33.7 Å². The van der Waals surface area contributed by atoms with Crippen LogP contribution in [0.2, 0.25) is 0 Å². The average Bonchev–Trinajstić information content (AvgIpc) is 2.96. The fourth-order valence-electron chi connectivity index (χ4n) is 3.86. The predicted octanol–water partition coefficient (Wildman–Crippen LogP) is 3.26. The van der Waals surface area contributed by atoms with E-state index in [1.807, 2.05) is 6.07 Å². The molecule has 2 heterocycles. The van der Waals surface area contributed by atoms with Crippen molar-refractivity contribution in [3.63, 3.8) is 0 Å². The Hall–Kier alpha value is -1.23. The molecule has 1 spiro atoms. The van der Waals surface area contributed by atoms with E-state index in [0.29, 0.717) is 12.0 Å². The second-order valence-electron chi connectivity index (χ2n) is 6.80. The normalized spacial score (nSPS) is 19.7. The van der Waals surface area contributed by atoms with E-state index in [0.717, 1.165) is 18.0 Å². The third-order valence-electron chi connectivity index (χ3n) is 5.17. The minimum absolute atomic E-state index is 0. The number of hydrogen-bond donors (Lipinski definition) is 1. The van der Waals surface area contributed by atoms with Crippen molar-refractivity contribution in [3.8, 4) is 11.5 Å².